The fourth-order valence-electron chi connectivity index (χ4n) is 1.36. The molecule has 0 saturated carbocycles. The molecule has 2 heterocycles. The van der Waals surface area contributed by atoms with Crippen LogP contribution in [-0.2, 0) is 10.0 Å². The smallest absolute Gasteiger partial charge is 0.268 e. The predicted octanol–water partition coefficient (Wildman–Crippen LogP) is 2.99. The van der Waals surface area contributed by atoms with Gasteiger partial charge in [0.2, 0.25) is 4.02 Å². The summed E-state index contributed by atoms with van der Waals surface area (Å²) in [7, 11) is -3.36. The Bertz CT molecular complexity index is 801. The Morgan fingerprint density at radius 1 is 1.44 bits per heavy atom. The molecule has 1 aromatic heterocycles. The van der Waals surface area contributed by atoms with Crippen molar-refractivity contribution in [2.45, 2.75) is 0 Å². The topological polar surface area (TPSA) is 68.9 Å². The average Bonchev–Trinajstić information content (AvgIpc) is 2.80. The van der Waals surface area contributed by atoms with Crippen LogP contribution in [0, 0.1) is 4.02 Å². The molecule has 0 atom stereocenters. The number of ether oxygens (including phenoxy) is 1. The third kappa shape index (κ3) is 2.44. The number of sulfonamides is 1. The van der Waals surface area contributed by atoms with E-state index < -0.39 is 10.0 Å². The van der Waals surface area contributed by atoms with Gasteiger partial charge in [-0.3, -0.25) is 0 Å². The molecular formula is C9H5NO4S4. The lowest BCUT2D eigenvalue weighted by atomic mass is 10.3. The van der Waals surface area contributed by atoms with E-state index in [2.05, 4.69) is 4.40 Å². The van der Waals surface area contributed by atoms with E-state index in [9.17, 15) is 8.42 Å². The lowest BCUT2D eigenvalue weighted by Gasteiger charge is -2.01. The Hall–Kier alpha value is -0.900. The van der Waals surface area contributed by atoms with Crippen LogP contribution in [0.2, 0.25) is 0 Å². The summed E-state index contributed by atoms with van der Waals surface area (Å²) in [4.78, 5) is 0. The number of benzene rings is 1. The van der Waals surface area contributed by atoms with Crippen LogP contribution in [0.4, 0.5) is 0 Å². The number of thioether (sulfide) groups is 1. The first-order valence-electron chi connectivity index (χ1n) is 4.69. The molecule has 1 aliphatic rings. The summed E-state index contributed by atoms with van der Waals surface area (Å²) >= 11 is 7.31. The maximum Gasteiger partial charge on any atom is 0.268 e. The summed E-state index contributed by atoms with van der Waals surface area (Å²) < 4.78 is 37.7. The molecule has 0 amide bonds. The second-order valence-electron chi connectivity index (χ2n) is 3.37. The molecule has 5 nitrogen and oxygen atoms in total. The van der Waals surface area contributed by atoms with Gasteiger partial charge in [-0.2, -0.15) is 0 Å². The van der Waals surface area contributed by atoms with E-state index in [-0.39, 0.29) is 10.3 Å². The summed E-state index contributed by atoms with van der Waals surface area (Å²) in [6.45, 7) is 0. The van der Waals surface area contributed by atoms with Crippen molar-refractivity contribution in [3.8, 4) is 5.75 Å². The van der Waals surface area contributed by atoms with Gasteiger partial charge in [-0.1, -0.05) is 11.3 Å². The minimum atomic E-state index is -3.36. The summed E-state index contributed by atoms with van der Waals surface area (Å²) in [5, 5.41) is 0.0660. The fourth-order valence-corrected chi connectivity index (χ4v) is 4.59. The second kappa shape index (κ2) is 4.34. The van der Waals surface area contributed by atoms with E-state index >= 15 is 0 Å². The molecular weight excluding hydrogens is 314 g/mol. The van der Waals surface area contributed by atoms with Crippen LogP contribution >= 0.6 is 35.3 Å². The van der Waals surface area contributed by atoms with Crippen molar-refractivity contribution in [2.24, 2.45) is 4.40 Å². The van der Waals surface area contributed by atoms with Crippen LogP contribution in [-0.4, -0.2) is 18.7 Å². The van der Waals surface area contributed by atoms with Crippen LogP contribution in [0.1, 0.15) is 0 Å². The van der Waals surface area contributed by atoms with E-state index in [0.717, 1.165) is 16.5 Å². The van der Waals surface area contributed by atoms with Crippen LogP contribution in [0.15, 0.2) is 27.0 Å². The van der Waals surface area contributed by atoms with Gasteiger partial charge in [-0.15, -0.1) is 4.40 Å². The van der Waals surface area contributed by atoms with Crippen molar-refractivity contribution in [1.29, 1.82) is 0 Å². The van der Waals surface area contributed by atoms with Crippen LogP contribution in [0.25, 0.3) is 10.3 Å². The summed E-state index contributed by atoms with van der Waals surface area (Å²) in [5.41, 5.74) is 0.686. The van der Waals surface area contributed by atoms with Gasteiger partial charge >= 0.3 is 0 Å². The quantitative estimate of drug-likeness (QED) is 0.753. The van der Waals surface area contributed by atoms with Gasteiger partial charge in [0.05, 0.1) is 4.70 Å². The largest absolute Gasteiger partial charge is 0.435 e. The average molecular weight is 319 g/mol. The molecule has 0 bridgehead atoms. The van der Waals surface area contributed by atoms with Crippen LogP contribution in [0.5, 0.6) is 5.75 Å². The first kappa shape index (κ1) is 12.2. The first-order chi connectivity index (χ1) is 8.52. The standard InChI is InChI=1S/C9H5NO4S4/c11-18(12)4-16-8(10-18)13-5-1-2-6-7(3-5)17-9(15)14-6/h1-3H,4H2. The normalized spacial score (nSPS) is 17.9. The third-order valence-corrected chi connectivity index (χ3v) is 5.82. The Balaban J connectivity index is 1.94. The van der Waals surface area contributed by atoms with Crippen LogP contribution in [0.3, 0.4) is 0 Å². The number of rotatable bonds is 1. The summed E-state index contributed by atoms with van der Waals surface area (Å²) in [5.74, 6) is 0.512. The van der Waals surface area contributed by atoms with Crippen molar-refractivity contribution in [2.75, 3.05) is 5.08 Å². The van der Waals surface area contributed by atoms with Crippen molar-refractivity contribution in [3.05, 3.63) is 22.2 Å². The molecule has 0 unspecified atom stereocenters. The van der Waals surface area contributed by atoms with Gasteiger partial charge in [0.15, 0.2) is 0 Å². The minimum absolute atomic E-state index is 0.0742. The number of hydrogen-bond acceptors (Lipinski definition) is 7. The van der Waals surface area contributed by atoms with Crippen molar-refractivity contribution in [3.63, 3.8) is 0 Å². The molecule has 0 saturated heterocycles. The summed E-state index contributed by atoms with van der Waals surface area (Å²) in [6.07, 6.45) is 0. The van der Waals surface area contributed by atoms with Crippen LogP contribution < -0.4 is 4.74 Å². The molecule has 18 heavy (non-hydrogen) atoms. The third-order valence-electron chi connectivity index (χ3n) is 2.05. The highest BCUT2D eigenvalue weighted by Gasteiger charge is 2.23. The number of fused-ring (bicyclic) bond motifs is 1. The van der Waals surface area contributed by atoms with Gasteiger partial charge in [0.1, 0.15) is 16.4 Å². The molecule has 1 aliphatic heterocycles. The fraction of sp³-hybridized carbons (Fsp3) is 0.111. The lowest BCUT2D eigenvalue weighted by molar-refractivity contribution is 0.565. The predicted molar refractivity (Wildman–Crippen MR) is 74.4 cm³/mol. The van der Waals surface area contributed by atoms with E-state index in [1.807, 2.05) is 0 Å². The SMILES string of the molecule is O=S1(=O)CSC(Oc2ccc3oc(=S)sc3c2)=N1. The zero-order valence-electron chi connectivity index (χ0n) is 8.65. The molecule has 1 aromatic carbocycles. The highest BCUT2D eigenvalue weighted by atomic mass is 32.3. The van der Waals surface area contributed by atoms with E-state index in [1.165, 1.54) is 11.3 Å². The number of nitrogens with zero attached hydrogens (tertiary/aromatic N) is 1. The second-order valence-corrected chi connectivity index (χ2v) is 7.94. The monoisotopic (exact) mass is 319 g/mol. The molecule has 9 heteroatoms. The van der Waals surface area contributed by atoms with E-state index in [4.69, 9.17) is 21.4 Å². The minimum Gasteiger partial charge on any atom is -0.435 e. The molecule has 0 N–H and O–H groups in total. The molecule has 0 aliphatic carbocycles. The first-order valence-corrected chi connectivity index (χ1v) is 8.51. The lowest BCUT2D eigenvalue weighted by Crippen LogP contribution is -2.00. The highest BCUT2D eigenvalue weighted by molar-refractivity contribution is 8.24. The molecule has 0 fully saturated rings. The van der Waals surface area contributed by atoms with Crippen molar-refractivity contribution in [1.82, 2.24) is 0 Å². The zero-order valence-corrected chi connectivity index (χ0v) is 11.9. The van der Waals surface area contributed by atoms with Crippen molar-refractivity contribution >= 4 is 60.9 Å². The highest BCUT2D eigenvalue weighted by Crippen LogP contribution is 2.29. The molecule has 94 valence electrons. The van der Waals surface area contributed by atoms with Gasteiger partial charge < -0.3 is 9.15 Å². The van der Waals surface area contributed by atoms with E-state index in [1.54, 1.807) is 18.2 Å². The Labute approximate surface area is 116 Å². The zero-order chi connectivity index (χ0) is 12.8. The molecule has 0 radical (unpaired) electrons. The Morgan fingerprint density at radius 2 is 2.28 bits per heavy atom. The maximum atomic E-state index is 11.1. The van der Waals surface area contributed by atoms with Gasteiger partial charge in [0, 0.05) is 6.07 Å². The van der Waals surface area contributed by atoms with Gasteiger partial charge in [0.25, 0.3) is 15.3 Å². The van der Waals surface area contributed by atoms with Crippen molar-refractivity contribution < 1.29 is 17.6 Å². The number of hydrogen-bond donors (Lipinski definition) is 0. The molecule has 0 spiro atoms. The van der Waals surface area contributed by atoms with Gasteiger partial charge in [-0.25, -0.2) is 8.42 Å². The summed E-state index contributed by atoms with van der Waals surface area (Å²) in [6, 6.07) is 5.15. The Kier molecular flexibility index (Phi) is 2.93. The molecule has 2 aromatic rings. The van der Waals surface area contributed by atoms with E-state index in [0.29, 0.717) is 15.4 Å². The maximum absolute atomic E-state index is 11.1. The Morgan fingerprint density at radius 3 is 3.00 bits per heavy atom. The van der Waals surface area contributed by atoms with Gasteiger partial charge in [-0.05, 0) is 36.1 Å². The molecule has 3 rings (SSSR count).